The molecule has 5 rings (SSSR count). The summed E-state index contributed by atoms with van der Waals surface area (Å²) in [6.07, 6.45) is 0.956. The van der Waals surface area contributed by atoms with Gasteiger partial charge in [-0.2, -0.15) is 4.57 Å². The Labute approximate surface area is 187 Å². The zero-order chi connectivity index (χ0) is 21.5. The first-order chi connectivity index (χ1) is 15.1. The molecule has 2 aromatic carbocycles. The fraction of sp³-hybridized carbons (Fsp3) is 0.174. The smallest absolute Gasteiger partial charge is 0.347 e. The number of nitrogens with zero attached hydrogens (tertiary/aromatic N) is 3. The van der Waals surface area contributed by atoms with E-state index >= 15 is 0 Å². The Kier molecular flexibility index (Phi) is 5.09. The van der Waals surface area contributed by atoms with E-state index in [1.807, 2.05) is 55.5 Å². The summed E-state index contributed by atoms with van der Waals surface area (Å²) in [5, 5.41) is 13.3. The molecule has 0 aliphatic carbocycles. The predicted molar refractivity (Wildman–Crippen MR) is 117 cm³/mol. The van der Waals surface area contributed by atoms with Gasteiger partial charge in [-0.3, -0.25) is 0 Å². The molecule has 0 saturated carbocycles. The second-order valence-corrected chi connectivity index (χ2v) is 8.79. The van der Waals surface area contributed by atoms with Crippen LogP contribution in [0.1, 0.15) is 23.9 Å². The maximum absolute atomic E-state index is 13.6. The van der Waals surface area contributed by atoms with E-state index in [1.54, 1.807) is 21.4 Å². The fourth-order valence-corrected chi connectivity index (χ4v) is 4.97. The molecule has 2 aromatic heterocycles. The van der Waals surface area contributed by atoms with Gasteiger partial charge in [0, 0.05) is 6.20 Å². The Bertz CT molecular complexity index is 1330. The first kappa shape index (κ1) is 19.9. The van der Waals surface area contributed by atoms with Crippen molar-refractivity contribution in [2.75, 3.05) is 0 Å². The van der Waals surface area contributed by atoms with Crippen molar-refractivity contribution in [2.45, 2.75) is 26.3 Å². The van der Waals surface area contributed by atoms with Crippen molar-refractivity contribution < 1.29 is 14.4 Å². The number of ether oxygens (including phenoxy) is 1. The van der Waals surface area contributed by atoms with Crippen molar-refractivity contribution in [3.8, 4) is 28.1 Å². The van der Waals surface area contributed by atoms with Crippen molar-refractivity contribution in [2.24, 2.45) is 0 Å². The maximum Gasteiger partial charge on any atom is 0.347 e. The molecule has 1 aliphatic rings. The van der Waals surface area contributed by atoms with Gasteiger partial charge in [0.25, 0.3) is 5.82 Å². The topological polar surface area (TPSA) is 71.1 Å². The molecule has 156 valence electrons. The van der Waals surface area contributed by atoms with Crippen molar-refractivity contribution in [3.05, 3.63) is 86.3 Å². The fourth-order valence-electron chi connectivity index (χ4n) is 3.97. The van der Waals surface area contributed by atoms with Gasteiger partial charge in [-0.05, 0) is 29.7 Å². The SMILES string of the molecule is CCn1c([O-])c(-c2cccc(-c3ccccc3)c2)c(=O)[n+]2c1COC2c1cnc(Cl)s1. The number of halogens is 1. The van der Waals surface area contributed by atoms with Gasteiger partial charge in [0.1, 0.15) is 5.56 Å². The number of fused-ring (bicyclic) bond motifs is 1. The van der Waals surface area contributed by atoms with Gasteiger partial charge >= 0.3 is 5.56 Å². The summed E-state index contributed by atoms with van der Waals surface area (Å²) in [5.41, 5.74) is 2.30. The number of thiazole rings is 1. The van der Waals surface area contributed by atoms with Crippen LogP contribution in [0.3, 0.4) is 0 Å². The monoisotopic (exact) mass is 451 g/mol. The third kappa shape index (κ3) is 3.35. The highest BCUT2D eigenvalue weighted by Gasteiger charge is 2.38. The predicted octanol–water partition coefficient (Wildman–Crippen LogP) is 3.75. The zero-order valence-corrected chi connectivity index (χ0v) is 18.2. The number of hydrogen-bond donors (Lipinski definition) is 0. The molecule has 0 bridgehead atoms. The summed E-state index contributed by atoms with van der Waals surface area (Å²) in [4.78, 5) is 18.4. The number of aromatic nitrogens is 3. The van der Waals surface area contributed by atoms with Gasteiger partial charge in [-0.15, -0.1) is 11.3 Å². The average molecular weight is 452 g/mol. The summed E-state index contributed by atoms with van der Waals surface area (Å²) in [6, 6.07) is 17.4. The van der Waals surface area contributed by atoms with Gasteiger partial charge in [-0.25, -0.2) is 14.3 Å². The minimum absolute atomic E-state index is 0.134. The molecule has 0 radical (unpaired) electrons. The minimum atomic E-state index is -0.651. The summed E-state index contributed by atoms with van der Waals surface area (Å²) >= 11 is 7.26. The third-order valence-electron chi connectivity index (χ3n) is 5.40. The van der Waals surface area contributed by atoms with Crippen LogP contribution in [0.5, 0.6) is 5.88 Å². The van der Waals surface area contributed by atoms with E-state index in [1.165, 1.54) is 11.3 Å². The Morgan fingerprint density at radius 3 is 2.65 bits per heavy atom. The third-order valence-corrected chi connectivity index (χ3v) is 6.55. The number of hydrogen-bond acceptors (Lipinski definition) is 5. The number of benzene rings is 2. The Morgan fingerprint density at radius 1 is 1.19 bits per heavy atom. The van der Waals surface area contributed by atoms with E-state index in [2.05, 4.69) is 4.98 Å². The molecule has 1 unspecified atom stereocenters. The number of rotatable bonds is 4. The molecule has 0 spiro atoms. The van der Waals surface area contributed by atoms with Gasteiger partial charge in [0.05, 0.1) is 17.3 Å². The molecule has 1 atom stereocenters. The average Bonchev–Trinajstić information content (AvgIpc) is 3.41. The van der Waals surface area contributed by atoms with Crippen molar-refractivity contribution in [3.63, 3.8) is 0 Å². The Balaban J connectivity index is 1.72. The van der Waals surface area contributed by atoms with Crippen LogP contribution in [0.4, 0.5) is 0 Å². The van der Waals surface area contributed by atoms with Gasteiger partial charge in [0.15, 0.2) is 11.1 Å². The first-order valence-corrected chi connectivity index (χ1v) is 11.0. The zero-order valence-electron chi connectivity index (χ0n) is 16.6. The molecule has 8 heteroatoms. The van der Waals surface area contributed by atoms with E-state index in [4.69, 9.17) is 16.3 Å². The summed E-state index contributed by atoms with van der Waals surface area (Å²) in [7, 11) is 0. The van der Waals surface area contributed by atoms with E-state index in [-0.39, 0.29) is 23.6 Å². The first-order valence-electron chi connectivity index (χ1n) is 9.85. The molecular formula is C23H18ClN3O3S. The molecule has 6 nitrogen and oxygen atoms in total. The van der Waals surface area contributed by atoms with Crippen LogP contribution in [0.15, 0.2) is 65.6 Å². The van der Waals surface area contributed by atoms with E-state index < -0.39 is 6.23 Å². The highest BCUT2D eigenvalue weighted by Crippen LogP contribution is 2.32. The lowest BCUT2D eigenvalue weighted by Crippen LogP contribution is -2.56. The van der Waals surface area contributed by atoms with Gasteiger partial charge < -0.3 is 9.84 Å². The molecule has 0 N–H and O–H groups in total. The van der Waals surface area contributed by atoms with Gasteiger partial charge in [0.2, 0.25) is 6.23 Å². The lowest BCUT2D eigenvalue weighted by Gasteiger charge is -2.18. The summed E-state index contributed by atoms with van der Waals surface area (Å²) < 4.78 is 9.44. The van der Waals surface area contributed by atoms with Crippen LogP contribution in [0.25, 0.3) is 22.3 Å². The molecule has 1 aliphatic heterocycles. The van der Waals surface area contributed by atoms with Crippen LogP contribution in [0, 0.1) is 0 Å². The minimum Gasteiger partial charge on any atom is -0.842 e. The maximum atomic E-state index is 13.6. The molecule has 0 amide bonds. The van der Waals surface area contributed by atoms with Crippen LogP contribution in [-0.4, -0.2) is 9.55 Å². The van der Waals surface area contributed by atoms with Gasteiger partial charge in [-0.1, -0.05) is 60.1 Å². The summed E-state index contributed by atoms with van der Waals surface area (Å²) in [6.45, 7) is 2.48. The van der Waals surface area contributed by atoms with Crippen molar-refractivity contribution in [1.29, 1.82) is 0 Å². The van der Waals surface area contributed by atoms with E-state index in [0.717, 1.165) is 16.0 Å². The van der Waals surface area contributed by atoms with Crippen molar-refractivity contribution in [1.82, 2.24) is 9.55 Å². The highest BCUT2D eigenvalue weighted by molar-refractivity contribution is 7.15. The summed E-state index contributed by atoms with van der Waals surface area (Å²) in [5.74, 6) is 0.241. The van der Waals surface area contributed by atoms with Crippen LogP contribution >= 0.6 is 22.9 Å². The van der Waals surface area contributed by atoms with E-state index in [0.29, 0.717) is 22.4 Å². The molecule has 0 fully saturated rings. The Hall–Kier alpha value is -3.00. The molecular weight excluding hydrogens is 434 g/mol. The normalized spacial score (nSPS) is 15.2. The van der Waals surface area contributed by atoms with Crippen molar-refractivity contribution >= 4 is 22.9 Å². The standard InChI is InChI=1S/C23H18ClN3O3S/c1-2-26-18-13-30-22(17-12-25-23(24)31-17)27(18)21(29)19(20(26)28)16-10-6-9-15(11-16)14-7-4-3-5-8-14/h3-12,22H,2,13H2,1H3. The lowest BCUT2D eigenvalue weighted by molar-refractivity contribution is -0.748. The quantitative estimate of drug-likeness (QED) is 0.443. The molecule has 31 heavy (non-hydrogen) atoms. The van der Waals surface area contributed by atoms with Crippen LogP contribution in [0.2, 0.25) is 4.47 Å². The van der Waals surface area contributed by atoms with Crippen LogP contribution < -0.4 is 15.2 Å². The molecule has 3 heterocycles. The van der Waals surface area contributed by atoms with Crippen LogP contribution in [-0.2, 0) is 17.9 Å². The molecule has 4 aromatic rings. The lowest BCUT2D eigenvalue weighted by atomic mass is 10.00. The second kappa shape index (κ2) is 7.92. The largest absolute Gasteiger partial charge is 0.842 e. The Morgan fingerprint density at radius 2 is 1.94 bits per heavy atom. The van der Waals surface area contributed by atoms with E-state index in [9.17, 15) is 9.90 Å². The second-order valence-electron chi connectivity index (χ2n) is 7.14. The highest BCUT2D eigenvalue weighted by atomic mass is 35.5. The molecule has 0 saturated heterocycles.